The molecule has 0 amide bonds. The van der Waals surface area contributed by atoms with Gasteiger partial charge in [0.2, 0.25) is 0 Å². The Morgan fingerprint density at radius 2 is 0.750 bits per heavy atom. The van der Waals surface area contributed by atoms with Gasteiger partial charge in [-0.25, -0.2) is 0 Å². The highest BCUT2D eigenvalue weighted by Gasteiger charge is 2.52. The van der Waals surface area contributed by atoms with Crippen LogP contribution in [0.3, 0.4) is 0 Å². The smallest absolute Gasteiger partial charge is 0.166 e. The third kappa shape index (κ3) is 6.00. The van der Waals surface area contributed by atoms with E-state index in [0.29, 0.717) is 11.1 Å². The normalized spacial score (nSPS) is 41.3. The van der Waals surface area contributed by atoms with E-state index in [1.807, 2.05) is 0 Å². The molecule has 36 heavy (non-hydrogen) atoms. The van der Waals surface area contributed by atoms with Gasteiger partial charge < -0.3 is 21.3 Å². The molecular formula is C30H50N4S2. The van der Waals surface area contributed by atoms with E-state index in [1.165, 1.54) is 116 Å². The molecule has 0 aromatic rings. The molecule has 4 nitrogen and oxygen atoms in total. The van der Waals surface area contributed by atoms with Gasteiger partial charge in [-0.2, -0.15) is 0 Å². The summed E-state index contributed by atoms with van der Waals surface area (Å²) in [7, 11) is 0. The van der Waals surface area contributed by atoms with Crippen LogP contribution in [0.1, 0.15) is 116 Å². The zero-order valence-electron chi connectivity index (χ0n) is 22.4. The van der Waals surface area contributed by atoms with Crippen molar-refractivity contribution in [3.05, 3.63) is 0 Å². The molecule has 8 bridgehead atoms. The molecule has 0 atom stereocenters. The van der Waals surface area contributed by atoms with Crippen LogP contribution < -0.4 is 21.3 Å². The second-order valence-corrected chi connectivity index (χ2v) is 15.1. The highest BCUT2D eigenvalue weighted by Crippen LogP contribution is 2.56. The van der Waals surface area contributed by atoms with Gasteiger partial charge in [0.1, 0.15) is 0 Å². The van der Waals surface area contributed by atoms with Gasteiger partial charge >= 0.3 is 0 Å². The fraction of sp³-hybridized carbons (Fsp3) is 0.933. The Labute approximate surface area is 230 Å². The molecule has 8 rings (SSSR count). The molecule has 8 aliphatic rings. The standard InChI is InChI=1S/C30H50N4S2/c35-27(33-29-15-21-9-22(16-29)11-23(10-21)17-29)31-7-5-3-1-2-4-6-8-32-28(36)34-30-18-24-12-25(19-30)14-26(13-24)20-30/h21-26H,1-20H2,(H2,31,33,35)(H2,32,34,36). The van der Waals surface area contributed by atoms with Gasteiger partial charge in [0.05, 0.1) is 0 Å². The predicted molar refractivity (Wildman–Crippen MR) is 157 cm³/mol. The molecular weight excluding hydrogens is 480 g/mol. The number of rotatable bonds is 11. The lowest BCUT2D eigenvalue weighted by Crippen LogP contribution is -2.61. The fourth-order valence-electron chi connectivity index (χ4n) is 10.5. The van der Waals surface area contributed by atoms with E-state index in [2.05, 4.69) is 21.3 Å². The lowest BCUT2D eigenvalue weighted by atomic mass is 9.53. The molecule has 0 aromatic carbocycles. The molecule has 0 aromatic heterocycles. The van der Waals surface area contributed by atoms with E-state index in [-0.39, 0.29) is 0 Å². The third-order valence-electron chi connectivity index (χ3n) is 11.0. The molecule has 8 saturated carbocycles. The molecule has 0 radical (unpaired) electrons. The van der Waals surface area contributed by atoms with E-state index in [0.717, 1.165) is 58.8 Å². The van der Waals surface area contributed by atoms with Crippen molar-refractivity contribution in [1.29, 1.82) is 0 Å². The highest BCUT2D eigenvalue weighted by atomic mass is 32.1. The monoisotopic (exact) mass is 530 g/mol. The number of nitrogens with one attached hydrogen (secondary N) is 4. The van der Waals surface area contributed by atoms with E-state index < -0.39 is 0 Å². The molecule has 8 fully saturated rings. The van der Waals surface area contributed by atoms with Gasteiger partial charge in [-0.3, -0.25) is 0 Å². The van der Waals surface area contributed by atoms with E-state index in [9.17, 15) is 0 Å². The van der Waals surface area contributed by atoms with Crippen LogP contribution in [0.4, 0.5) is 0 Å². The van der Waals surface area contributed by atoms with Crippen molar-refractivity contribution in [2.75, 3.05) is 13.1 Å². The summed E-state index contributed by atoms with van der Waals surface area (Å²) in [5.41, 5.74) is 0.667. The zero-order chi connectivity index (χ0) is 24.6. The van der Waals surface area contributed by atoms with Crippen LogP contribution in [-0.4, -0.2) is 34.4 Å². The summed E-state index contributed by atoms with van der Waals surface area (Å²) in [5.74, 6) is 5.81. The first kappa shape index (κ1) is 25.6. The SMILES string of the molecule is S=C(NCCCCCCCCNC(=S)NC12CC3CC(CC(C3)C1)C2)NC12CC3CC(CC(C3)C1)C2. The van der Waals surface area contributed by atoms with Gasteiger partial charge in [-0.1, -0.05) is 25.7 Å². The summed E-state index contributed by atoms with van der Waals surface area (Å²) in [5, 5.41) is 16.5. The molecule has 0 saturated heterocycles. The first-order valence-corrected chi connectivity index (χ1v) is 16.4. The minimum absolute atomic E-state index is 0.333. The van der Waals surface area contributed by atoms with Crippen LogP contribution in [0.5, 0.6) is 0 Å². The average Bonchev–Trinajstić information content (AvgIpc) is 2.77. The van der Waals surface area contributed by atoms with E-state index in [1.54, 1.807) is 0 Å². The molecule has 8 aliphatic carbocycles. The van der Waals surface area contributed by atoms with Crippen LogP contribution in [-0.2, 0) is 0 Å². The number of thiocarbonyl (C=S) groups is 2. The van der Waals surface area contributed by atoms with Crippen molar-refractivity contribution in [2.24, 2.45) is 35.5 Å². The average molecular weight is 531 g/mol. The molecule has 0 unspecified atom stereocenters. The van der Waals surface area contributed by atoms with Gasteiger partial charge in [0.15, 0.2) is 10.2 Å². The quantitative estimate of drug-likeness (QED) is 0.189. The molecule has 0 spiro atoms. The van der Waals surface area contributed by atoms with Crippen molar-refractivity contribution in [2.45, 2.75) is 127 Å². The molecule has 6 heteroatoms. The summed E-state index contributed by atoms with van der Waals surface area (Å²) in [6, 6.07) is 0. The Morgan fingerprint density at radius 3 is 1.06 bits per heavy atom. The maximum Gasteiger partial charge on any atom is 0.166 e. The first-order valence-electron chi connectivity index (χ1n) is 15.6. The topological polar surface area (TPSA) is 48.1 Å². The van der Waals surface area contributed by atoms with Gasteiger partial charge in [-0.15, -0.1) is 0 Å². The van der Waals surface area contributed by atoms with Crippen molar-refractivity contribution >= 4 is 34.7 Å². The molecule has 4 N–H and O–H groups in total. The minimum Gasteiger partial charge on any atom is -0.363 e. The van der Waals surface area contributed by atoms with Crippen LogP contribution >= 0.6 is 24.4 Å². The van der Waals surface area contributed by atoms with Crippen LogP contribution in [0.15, 0.2) is 0 Å². The first-order chi connectivity index (χ1) is 17.5. The lowest BCUT2D eigenvalue weighted by Gasteiger charge is -2.57. The molecule has 0 heterocycles. The Balaban J connectivity index is 0.772. The van der Waals surface area contributed by atoms with Crippen LogP contribution in [0.2, 0.25) is 0 Å². The van der Waals surface area contributed by atoms with Crippen LogP contribution in [0, 0.1) is 35.5 Å². The summed E-state index contributed by atoms with van der Waals surface area (Å²) >= 11 is 11.4. The predicted octanol–water partition coefficient (Wildman–Crippen LogP) is 6.19. The summed E-state index contributed by atoms with van der Waals surface area (Å²) in [6.07, 6.45) is 24.8. The van der Waals surface area contributed by atoms with Crippen molar-refractivity contribution in [1.82, 2.24) is 21.3 Å². The Kier molecular flexibility index (Phi) is 7.74. The minimum atomic E-state index is 0.333. The zero-order valence-corrected chi connectivity index (χ0v) is 24.1. The maximum atomic E-state index is 5.70. The fourth-order valence-corrected chi connectivity index (χ4v) is 11.1. The lowest BCUT2D eigenvalue weighted by molar-refractivity contribution is -0.0103. The summed E-state index contributed by atoms with van der Waals surface area (Å²) in [6.45, 7) is 2.04. The Morgan fingerprint density at radius 1 is 0.472 bits per heavy atom. The number of hydrogen-bond donors (Lipinski definition) is 4. The Hall–Kier alpha value is -0.620. The van der Waals surface area contributed by atoms with Crippen molar-refractivity contribution < 1.29 is 0 Å². The molecule has 202 valence electrons. The number of unbranched alkanes of at least 4 members (excludes halogenated alkanes) is 5. The van der Waals surface area contributed by atoms with Crippen molar-refractivity contribution in [3.63, 3.8) is 0 Å². The largest absolute Gasteiger partial charge is 0.363 e. The number of hydrogen-bond acceptors (Lipinski definition) is 2. The van der Waals surface area contributed by atoms with Crippen LogP contribution in [0.25, 0.3) is 0 Å². The third-order valence-corrected chi connectivity index (χ3v) is 11.5. The van der Waals surface area contributed by atoms with Crippen molar-refractivity contribution in [3.8, 4) is 0 Å². The van der Waals surface area contributed by atoms with Gasteiger partial charge in [0, 0.05) is 24.2 Å². The Bertz CT molecular complexity index is 674. The van der Waals surface area contributed by atoms with E-state index >= 15 is 0 Å². The van der Waals surface area contributed by atoms with Gasteiger partial charge in [0.25, 0.3) is 0 Å². The summed E-state index contributed by atoms with van der Waals surface area (Å²) < 4.78 is 0. The van der Waals surface area contributed by atoms with E-state index in [4.69, 9.17) is 24.4 Å². The second kappa shape index (κ2) is 10.9. The highest BCUT2D eigenvalue weighted by molar-refractivity contribution is 7.80. The summed E-state index contributed by atoms with van der Waals surface area (Å²) in [4.78, 5) is 0. The second-order valence-electron chi connectivity index (χ2n) is 14.3. The molecule has 0 aliphatic heterocycles. The maximum absolute atomic E-state index is 5.70. The van der Waals surface area contributed by atoms with Gasteiger partial charge in [-0.05, 0) is 150 Å².